The monoisotopic (exact) mass is 362 g/mol. The van der Waals surface area contributed by atoms with Gasteiger partial charge in [-0.1, -0.05) is 46.7 Å². The second-order valence-corrected chi connectivity index (χ2v) is 5.44. The maximum atomic E-state index is 12.8. The molecule has 134 valence electrons. The Labute approximate surface area is 145 Å². The summed E-state index contributed by atoms with van der Waals surface area (Å²) in [6, 6.07) is 13.2. The van der Waals surface area contributed by atoms with Crippen molar-refractivity contribution in [1.82, 2.24) is 15.0 Å². The fourth-order valence-corrected chi connectivity index (χ4v) is 2.35. The van der Waals surface area contributed by atoms with Crippen molar-refractivity contribution in [1.29, 1.82) is 0 Å². The first kappa shape index (κ1) is 17.5. The van der Waals surface area contributed by atoms with E-state index in [1.54, 1.807) is 24.3 Å². The molecule has 0 bridgehead atoms. The molecule has 0 saturated heterocycles. The highest BCUT2D eigenvalue weighted by Gasteiger charge is 2.30. The summed E-state index contributed by atoms with van der Waals surface area (Å²) < 4.78 is 39.5. The van der Waals surface area contributed by atoms with E-state index < -0.39 is 23.5 Å². The summed E-state index contributed by atoms with van der Waals surface area (Å²) in [5, 5.41) is 19.3. The lowest BCUT2D eigenvalue weighted by Crippen LogP contribution is -2.19. The number of hydrogen-bond donors (Lipinski definition) is 2. The third kappa shape index (κ3) is 3.82. The van der Waals surface area contributed by atoms with E-state index in [0.29, 0.717) is 0 Å². The molecule has 1 aromatic heterocycles. The number of aromatic hydroxyl groups is 1. The van der Waals surface area contributed by atoms with E-state index in [2.05, 4.69) is 15.6 Å². The number of halogens is 3. The number of benzene rings is 2. The molecule has 0 radical (unpaired) electrons. The van der Waals surface area contributed by atoms with Crippen LogP contribution in [0.2, 0.25) is 0 Å². The van der Waals surface area contributed by atoms with Gasteiger partial charge in [-0.05, 0) is 23.8 Å². The average Bonchev–Trinajstić information content (AvgIpc) is 2.96. The summed E-state index contributed by atoms with van der Waals surface area (Å²) in [5.74, 6) is -1.42. The van der Waals surface area contributed by atoms with E-state index in [4.69, 9.17) is 0 Å². The molecular formula is C17H13F3N4O2. The zero-order valence-electron chi connectivity index (χ0n) is 13.2. The zero-order chi connectivity index (χ0) is 18.7. The molecule has 0 saturated carbocycles. The highest BCUT2D eigenvalue weighted by atomic mass is 19.4. The van der Waals surface area contributed by atoms with Gasteiger partial charge >= 0.3 is 6.18 Å². The zero-order valence-corrected chi connectivity index (χ0v) is 13.2. The fourth-order valence-electron chi connectivity index (χ4n) is 2.35. The van der Waals surface area contributed by atoms with Crippen molar-refractivity contribution in [2.45, 2.75) is 12.7 Å². The minimum atomic E-state index is -4.53. The van der Waals surface area contributed by atoms with Gasteiger partial charge in [0, 0.05) is 5.69 Å². The van der Waals surface area contributed by atoms with Crippen LogP contribution in [-0.2, 0) is 12.7 Å². The summed E-state index contributed by atoms with van der Waals surface area (Å²) in [6.45, 7) is 0.166. The lowest BCUT2D eigenvalue weighted by molar-refractivity contribution is -0.137. The molecule has 0 spiro atoms. The predicted octanol–water partition coefficient (Wildman–Crippen LogP) is 3.30. The van der Waals surface area contributed by atoms with Crippen LogP contribution in [-0.4, -0.2) is 26.0 Å². The molecule has 0 atom stereocenters. The van der Waals surface area contributed by atoms with Gasteiger partial charge in [-0.3, -0.25) is 4.79 Å². The summed E-state index contributed by atoms with van der Waals surface area (Å²) >= 11 is 0. The molecule has 2 aromatic carbocycles. The van der Waals surface area contributed by atoms with E-state index >= 15 is 0 Å². The number of nitrogens with one attached hydrogen (secondary N) is 1. The number of amides is 1. The molecule has 0 aliphatic rings. The summed E-state index contributed by atoms with van der Waals surface area (Å²) in [7, 11) is 0. The van der Waals surface area contributed by atoms with E-state index in [1.165, 1.54) is 16.8 Å². The SMILES string of the molecule is O=C(Nc1cccc(C(F)(F)F)c1)c1c(O)nnn1Cc1ccccc1. The number of carbonyl (C=O) groups is 1. The van der Waals surface area contributed by atoms with Crippen LogP contribution >= 0.6 is 0 Å². The lowest BCUT2D eigenvalue weighted by Gasteiger charge is -2.10. The highest BCUT2D eigenvalue weighted by Crippen LogP contribution is 2.30. The van der Waals surface area contributed by atoms with Crippen LogP contribution in [0.5, 0.6) is 5.88 Å². The highest BCUT2D eigenvalue weighted by molar-refractivity contribution is 6.04. The minimum Gasteiger partial charge on any atom is -0.491 e. The van der Waals surface area contributed by atoms with E-state index in [1.807, 2.05) is 6.07 Å². The first-order valence-electron chi connectivity index (χ1n) is 7.49. The molecule has 3 aromatic rings. The Morgan fingerprint density at radius 1 is 1.12 bits per heavy atom. The molecule has 1 heterocycles. The van der Waals surface area contributed by atoms with E-state index in [0.717, 1.165) is 17.7 Å². The summed E-state index contributed by atoms with van der Waals surface area (Å²) in [5.41, 5.74) is -0.385. The van der Waals surface area contributed by atoms with Crippen LogP contribution in [0.1, 0.15) is 21.6 Å². The maximum absolute atomic E-state index is 12.8. The number of anilines is 1. The number of hydrogen-bond acceptors (Lipinski definition) is 4. The normalized spacial score (nSPS) is 11.3. The van der Waals surface area contributed by atoms with Gasteiger partial charge in [-0.15, -0.1) is 0 Å². The number of nitrogens with zero attached hydrogens (tertiary/aromatic N) is 3. The molecule has 0 aliphatic heterocycles. The first-order chi connectivity index (χ1) is 12.3. The average molecular weight is 362 g/mol. The molecule has 6 nitrogen and oxygen atoms in total. The fraction of sp³-hybridized carbons (Fsp3) is 0.118. The Morgan fingerprint density at radius 3 is 2.54 bits per heavy atom. The Hall–Kier alpha value is -3.36. The molecule has 3 rings (SSSR count). The van der Waals surface area contributed by atoms with Crippen LogP contribution in [0.4, 0.5) is 18.9 Å². The Balaban J connectivity index is 1.84. The minimum absolute atomic E-state index is 0.0586. The Kier molecular flexibility index (Phi) is 4.61. The van der Waals surface area contributed by atoms with Crippen molar-refractivity contribution in [3.63, 3.8) is 0 Å². The Morgan fingerprint density at radius 2 is 1.85 bits per heavy atom. The van der Waals surface area contributed by atoms with Crippen molar-refractivity contribution in [3.8, 4) is 5.88 Å². The van der Waals surface area contributed by atoms with Crippen molar-refractivity contribution in [2.24, 2.45) is 0 Å². The molecular weight excluding hydrogens is 349 g/mol. The second-order valence-electron chi connectivity index (χ2n) is 5.44. The van der Waals surface area contributed by atoms with Crippen LogP contribution in [0, 0.1) is 0 Å². The molecule has 9 heteroatoms. The van der Waals surface area contributed by atoms with E-state index in [9.17, 15) is 23.1 Å². The smallest absolute Gasteiger partial charge is 0.416 e. The number of rotatable bonds is 4. The van der Waals surface area contributed by atoms with Gasteiger partial charge < -0.3 is 10.4 Å². The van der Waals surface area contributed by atoms with Crippen molar-refractivity contribution < 1.29 is 23.1 Å². The second kappa shape index (κ2) is 6.87. The maximum Gasteiger partial charge on any atom is 0.416 e. The molecule has 26 heavy (non-hydrogen) atoms. The van der Waals surface area contributed by atoms with Crippen LogP contribution in [0.15, 0.2) is 54.6 Å². The van der Waals surface area contributed by atoms with E-state index in [-0.39, 0.29) is 17.9 Å². The van der Waals surface area contributed by atoms with Gasteiger partial charge in [-0.25, -0.2) is 4.68 Å². The third-order valence-electron chi connectivity index (χ3n) is 3.56. The lowest BCUT2D eigenvalue weighted by atomic mass is 10.2. The Bertz CT molecular complexity index is 923. The van der Waals surface area contributed by atoms with Gasteiger partial charge in [0.1, 0.15) is 0 Å². The molecule has 0 fully saturated rings. The summed E-state index contributed by atoms with van der Waals surface area (Å²) in [6.07, 6.45) is -4.53. The van der Waals surface area contributed by atoms with Gasteiger partial charge in [0.25, 0.3) is 11.8 Å². The molecule has 1 amide bonds. The predicted molar refractivity (Wildman–Crippen MR) is 86.6 cm³/mol. The van der Waals surface area contributed by atoms with Gasteiger partial charge in [-0.2, -0.15) is 13.2 Å². The van der Waals surface area contributed by atoms with Gasteiger partial charge in [0.15, 0.2) is 5.69 Å². The van der Waals surface area contributed by atoms with Crippen LogP contribution in [0.3, 0.4) is 0 Å². The number of carbonyl (C=O) groups excluding carboxylic acids is 1. The topological polar surface area (TPSA) is 80.0 Å². The number of aromatic nitrogens is 3. The van der Waals surface area contributed by atoms with Crippen molar-refractivity contribution >= 4 is 11.6 Å². The third-order valence-corrected chi connectivity index (χ3v) is 3.56. The molecule has 0 aliphatic carbocycles. The van der Waals surface area contributed by atoms with Gasteiger partial charge in [0.05, 0.1) is 12.1 Å². The molecule has 2 N–H and O–H groups in total. The van der Waals surface area contributed by atoms with Gasteiger partial charge in [0.2, 0.25) is 0 Å². The van der Waals surface area contributed by atoms with Crippen LogP contribution < -0.4 is 5.32 Å². The molecule has 0 unspecified atom stereocenters. The standard InChI is InChI=1S/C17H13F3N4O2/c18-17(19,20)12-7-4-8-13(9-12)21-15(25)14-16(26)22-23-24(14)10-11-5-2-1-3-6-11/h1-9,26H,10H2,(H,21,25). The van der Waals surface area contributed by atoms with Crippen molar-refractivity contribution in [3.05, 3.63) is 71.4 Å². The van der Waals surface area contributed by atoms with Crippen molar-refractivity contribution in [2.75, 3.05) is 5.32 Å². The number of alkyl halides is 3. The summed E-state index contributed by atoms with van der Waals surface area (Å²) in [4.78, 5) is 12.4. The first-order valence-corrected chi connectivity index (χ1v) is 7.49. The van der Waals surface area contributed by atoms with Crippen LogP contribution in [0.25, 0.3) is 0 Å². The quantitative estimate of drug-likeness (QED) is 0.746. The largest absolute Gasteiger partial charge is 0.491 e.